The molecule has 1 aliphatic heterocycles. The number of amides is 1. The Labute approximate surface area is 194 Å². The van der Waals surface area contributed by atoms with Crippen LogP contribution in [0.2, 0.25) is 0 Å². The number of carbonyl (C=O) groups is 2. The molecule has 3 heterocycles. The lowest BCUT2D eigenvalue weighted by atomic mass is 10.0. The fourth-order valence-corrected chi connectivity index (χ4v) is 5.18. The van der Waals surface area contributed by atoms with Gasteiger partial charge in [-0.15, -0.1) is 11.3 Å². The van der Waals surface area contributed by atoms with Gasteiger partial charge in [0.25, 0.3) is 5.91 Å². The summed E-state index contributed by atoms with van der Waals surface area (Å²) < 4.78 is 2.26. The maximum Gasteiger partial charge on any atom is 0.251 e. The van der Waals surface area contributed by atoms with Crippen LogP contribution in [0.25, 0.3) is 0 Å². The SMILES string of the molecule is Cc1cc(C(=O)CN2CCC(NC(=O)c3ccccc3)CC2)c(C)n1CCc1cccs1. The molecule has 0 atom stereocenters. The minimum atomic E-state index is -0.0184. The molecule has 1 saturated heterocycles. The number of thiophene rings is 1. The smallest absolute Gasteiger partial charge is 0.251 e. The quantitative estimate of drug-likeness (QED) is 0.516. The third kappa shape index (κ3) is 5.37. The minimum Gasteiger partial charge on any atom is -0.349 e. The van der Waals surface area contributed by atoms with Crippen LogP contribution in [0.1, 0.15) is 49.8 Å². The number of hydrogen-bond acceptors (Lipinski definition) is 4. The number of hydrogen-bond donors (Lipinski definition) is 1. The fraction of sp³-hybridized carbons (Fsp3) is 0.385. The van der Waals surface area contributed by atoms with Gasteiger partial charge >= 0.3 is 0 Å². The summed E-state index contributed by atoms with van der Waals surface area (Å²) in [5, 5.41) is 5.24. The summed E-state index contributed by atoms with van der Waals surface area (Å²) in [5.74, 6) is 0.169. The molecule has 32 heavy (non-hydrogen) atoms. The fourth-order valence-electron chi connectivity index (χ4n) is 4.49. The van der Waals surface area contributed by atoms with Crippen molar-refractivity contribution in [3.8, 4) is 0 Å². The number of carbonyl (C=O) groups excluding carboxylic acids is 2. The third-order valence-corrected chi connectivity index (χ3v) is 7.30. The Hall–Kier alpha value is -2.70. The van der Waals surface area contributed by atoms with Gasteiger partial charge in [0.2, 0.25) is 0 Å². The molecule has 4 rings (SSSR count). The van der Waals surface area contributed by atoms with Crippen molar-refractivity contribution < 1.29 is 9.59 Å². The maximum absolute atomic E-state index is 13.1. The van der Waals surface area contributed by atoms with E-state index in [2.05, 4.69) is 46.1 Å². The number of rotatable bonds is 8. The van der Waals surface area contributed by atoms with Gasteiger partial charge in [-0.3, -0.25) is 14.5 Å². The van der Waals surface area contributed by atoms with Gasteiger partial charge < -0.3 is 9.88 Å². The number of piperidine rings is 1. The van der Waals surface area contributed by atoms with E-state index in [9.17, 15) is 9.59 Å². The predicted molar refractivity (Wildman–Crippen MR) is 130 cm³/mol. The summed E-state index contributed by atoms with van der Waals surface area (Å²) in [6.07, 6.45) is 2.72. The first-order chi connectivity index (χ1) is 15.5. The molecule has 1 amide bonds. The van der Waals surface area contributed by atoms with Gasteiger partial charge in [0.15, 0.2) is 5.78 Å². The van der Waals surface area contributed by atoms with Crippen molar-refractivity contribution in [3.63, 3.8) is 0 Å². The summed E-state index contributed by atoms with van der Waals surface area (Å²) in [6.45, 7) is 7.12. The van der Waals surface area contributed by atoms with E-state index in [0.29, 0.717) is 12.1 Å². The van der Waals surface area contributed by atoms with Gasteiger partial charge in [0.05, 0.1) is 6.54 Å². The van der Waals surface area contributed by atoms with Crippen molar-refractivity contribution >= 4 is 23.0 Å². The molecule has 0 bridgehead atoms. The molecular weight excluding hydrogens is 418 g/mol. The van der Waals surface area contributed by atoms with Gasteiger partial charge in [-0.25, -0.2) is 0 Å². The van der Waals surface area contributed by atoms with Crippen LogP contribution in [-0.2, 0) is 13.0 Å². The minimum absolute atomic E-state index is 0.0184. The number of aromatic nitrogens is 1. The Kier molecular flexibility index (Phi) is 7.22. The van der Waals surface area contributed by atoms with Crippen LogP contribution in [-0.4, -0.2) is 46.8 Å². The van der Waals surface area contributed by atoms with Crippen molar-refractivity contribution in [1.29, 1.82) is 0 Å². The van der Waals surface area contributed by atoms with Crippen molar-refractivity contribution in [2.24, 2.45) is 0 Å². The van der Waals surface area contributed by atoms with Crippen molar-refractivity contribution in [1.82, 2.24) is 14.8 Å². The Bertz CT molecular complexity index is 1050. The highest BCUT2D eigenvalue weighted by molar-refractivity contribution is 7.09. The number of aryl methyl sites for hydroxylation is 2. The molecule has 1 N–H and O–H groups in total. The molecule has 6 heteroatoms. The van der Waals surface area contributed by atoms with Gasteiger partial charge in [-0.1, -0.05) is 24.3 Å². The Balaban J connectivity index is 1.28. The zero-order valence-electron chi connectivity index (χ0n) is 18.8. The van der Waals surface area contributed by atoms with Crippen molar-refractivity contribution in [3.05, 3.63) is 81.3 Å². The lowest BCUT2D eigenvalue weighted by Gasteiger charge is -2.31. The van der Waals surface area contributed by atoms with Crippen molar-refractivity contribution in [2.75, 3.05) is 19.6 Å². The summed E-state index contributed by atoms with van der Waals surface area (Å²) in [4.78, 5) is 29.0. The topological polar surface area (TPSA) is 54.3 Å². The molecule has 5 nitrogen and oxygen atoms in total. The Morgan fingerprint density at radius 1 is 1.06 bits per heavy atom. The Morgan fingerprint density at radius 2 is 1.81 bits per heavy atom. The van der Waals surface area contributed by atoms with Gasteiger partial charge in [0.1, 0.15) is 0 Å². The highest BCUT2D eigenvalue weighted by atomic mass is 32.1. The van der Waals surface area contributed by atoms with E-state index in [1.54, 1.807) is 11.3 Å². The normalized spacial score (nSPS) is 15.1. The summed E-state index contributed by atoms with van der Waals surface area (Å²) in [7, 11) is 0. The average Bonchev–Trinajstić information content (AvgIpc) is 3.42. The summed E-state index contributed by atoms with van der Waals surface area (Å²) >= 11 is 1.78. The molecule has 0 radical (unpaired) electrons. The first-order valence-electron chi connectivity index (χ1n) is 11.3. The molecule has 0 spiro atoms. The van der Waals surface area contributed by atoms with E-state index in [-0.39, 0.29) is 17.7 Å². The van der Waals surface area contributed by atoms with Crippen LogP contribution in [0.15, 0.2) is 53.9 Å². The monoisotopic (exact) mass is 449 g/mol. The van der Waals surface area contributed by atoms with E-state index in [0.717, 1.165) is 55.8 Å². The number of Topliss-reactive ketones (excluding diaryl/α,β-unsaturated/α-hetero) is 1. The van der Waals surface area contributed by atoms with Crippen LogP contribution in [0.3, 0.4) is 0 Å². The first-order valence-corrected chi connectivity index (χ1v) is 12.2. The lowest BCUT2D eigenvalue weighted by molar-refractivity contribution is 0.0858. The number of nitrogens with zero attached hydrogens (tertiary/aromatic N) is 2. The largest absolute Gasteiger partial charge is 0.349 e. The molecule has 3 aromatic rings. The van der Waals surface area contributed by atoms with Crippen LogP contribution in [0.5, 0.6) is 0 Å². The lowest BCUT2D eigenvalue weighted by Crippen LogP contribution is -2.46. The zero-order chi connectivity index (χ0) is 22.5. The molecule has 0 aliphatic carbocycles. The molecule has 1 aromatic carbocycles. The van der Waals surface area contributed by atoms with E-state index in [1.807, 2.05) is 36.4 Å². The van der Waals surface area contributed by atoms with Crippen LogP contribution in [0.4, 0.5) is 0 Å². The Morgan fingerprint density at radius 3 is 2.50 bits per heavy atom. The number of ketones is 1. The standard InChI is InChI=1S/C26H31N3O2S/c1-19-17-24(20(2)29(19)15-12-23-9-6-16-32-23)25(30)18-28-13-10-22(11-14-28)27-26(31)21-7-4-3-5-8-21/h3-9,16-17,22H,10-15,18H2,1-2H3,(H,27,31). The average molecular weight is 450 g/mol. The van der Waals surface area contributed by atoms with E-state index >= 15 is 0 Å². The highest BCUT2D eigenvalue weighted by Gasteiger charge is 2.24. The van der Waals surface area contributed by atoms with Crippen LogP contribution in [0, 0.1) is 13.8 Å². The van der Waals surface area contributed by atoms with Crippen LogP contribution < -0.4 is 5.32 Å². The van der Waals surface area contributed by atoms with E-state index < -0.39 is 0 Å². The summed E-state index contributed by atoms with van der Waals surface area (Å²) in [5.41, 5.74) is 3.74. The molecule has 1 aliphatic rings. The predicted octanol–water partition coefficient (Wildman–Crippen LogP) is 4.49. The molecular formula is C26H31N3O2S. The van der Waals surface area contributed by atoms with Gasteiger partial charge in [-0.2, -0.15) is 0 Å². The maximum atomic E-state index is 13.1. The second kappa shape index (κ2) is 10.3. The second-order valence-corrected chi connectivity index (χ2v) is 9.61. The zero-order valence-corrected chi connectivity index (χ0v) is 19.7. The van der Waals surface area contributed by atoms with Gasteiger partial charge in [0, 0.05) is 53.1 Å². The molecule has 168 valence electrons. The number of likely N-dealkylation sites (tertiary alicyclic amines) is 1. The van der Waals surface area contributed by atoms with E-state index in [1.165, 1.54) is 4.88 Å². The molecule has 0 saturated carbocycles. The first kappa shape index (κ1) is 22.5. The number of benzene rings is 1. The van der Waals surface area contributed by atoms with Gasteiger partial charge in [-0.05, 0) is 62.8 Å². The second-order valence-electron chi connectivity index (χ2n) is 8.58. The summed E-state index contributed by atoms with van der Waals surface area (Å²) in [6, 6.07) is 15.8. The molecule has 1 fully saturated rings. The molecule has 2 aromatic heterocycles. The van der Waals surface area contributed by atoms with E-state index in [4.69, 9.17) is 0 Å². The third-order valence-electron chi connectivity index (χ3n) is 6.36. The molecule has 0 unspecified atom stereocenters. The highest BCUT2D eigenvalue weighted by Crippen LogP contribution is 2.19. The van der Waals surface area contributed by atoms with Crippen molar-refractivity contribution in [2.45, 2.75) is 45.7 Å². The van der Waals surface area contributed by atoms with Crippen LogP contribution >= 0.6 is 11.3 Å². The number of nitrogens with one attached hydrogen (secondary N) is 1.